The molecular formula is C11H21O3S. The summed E-state index contributed by atoms with van der Waals surface area (Å²) in [6.45, 7) is 6.13. The first kappa shape index (κ1) is 13.0. The highest BCUT2D eigenvalue weighted by atomic mass is 32.2. The molecular weight excluding hydrogens is 212 g/mol. The first-order chi connectivity index (χ1) is 6.81. The van der Waals surface area contributed by atoms with E-state index in [2.05, 4.69) is 6.92 Å². The summed E-state index contributed by atoms with van der Waals surface area (Å²) in [5.41, 5.74) is -0.212. The molecule has 0 saturated heterocycles. The van der Waals surface area contributed by atoms with Crippen molar-refractivity contribution in [3.63, 3.8) is 0 Å². The van der Waals surface area contributed by atoms with Gasteiger partial charge in [0.05, 0.1) is 5.75 Å². The van der Waals surface area contributed by atoms with Crippen LogP contribution in [0.15, 0.2) is 0 Å². The molecule has 1 atom stereocenters. The fourth-order valence-corrected chi connectivity index (χ4v) is 3.09. The van der Waals surface area contributed by atoms with Crippen LogP contribution in [0.3, 0.4) is 0 Å². The van der Waals surface area contributed by atoms with Gasteiger partial charge >= 0.3 is 0 Å². The van der Waals surface area contributed by atoms with Crippen LogP contribution in [0.1, 0.15) is 45.4 Å². The molecule has 0 heterocycles. The van der Waals surface area contributed by atoms with Crippen LogP contribution in [-0.4, -0.2) is 18.7 Å². The second-order valence-corrected chi connectivity index (χ2v) is 6.60. The Morgan fingerprint density at radius 2 is 1.87 bits per heavy atom. The Labute approximate surface area is 93.0 Å². The minimum absolute atomic E-state index is 0.163. The predicted octanol–water partition coefficient (Wildman–Crippen LogP) is 2.68. The summed E-state index contributed by atoms with van der Waals surface area (Å²) in [5.74, 6) is 0.344. The Morgan fingerprint density at radius 3 is 2.33 bits per heavy atom. The number of hydrogen-bond donors (Lipinski definition) is 1. The van der Waals surface area contributed by atoms with Crippen LogP contribution < -0.4 is 0 Å². The highest BCUT2D eigenvalue weighted by Gasteiger charge is 2.31. The van der Waals surface area contributed by atoms with Crippen molar-refractivity contribution in [3.05, 3.63) is 6.92 Å². The van der Waals surface area contributed by atoms with E-state index >= 15 is 0 Å². The molecule has 15 heavy (non-hydrogen) atoms. The van der Waals surface area contributed by atoms with Crippen molar-refractivity contribution >= 4 is 10.1 Å². The van der Waals surface area contributed by atoms with Gasteiger partial charge in [0.15, 0.2) is 0 Å². The second kappa shape index (κ2) is 4.83. The lowest BCUT2D eigenvalue weighted by Gasteiger charge is -2.36. The first-order valence-electron chi connectivity index (χ1n) is 5.62. The quantitative estimate of drug-likeness (QED) is 0.759. The molecule has 1 unspecified atom stereocenters. The van der Waals surface area contributed by atoms with Crippen LogP contribution in [-0.2, 0) is 10.1 Å². The van der Waals surface area contributed by atoms with Gasteiger partial charge in [-0.2, -0.15) is 8.42 Å². The Balaban J connectivity index is 2.49. The van der Waals surface area contributed by atoms with Crippen LogP contribution in [0, 0.1) is 18.3 Å². The normalized spacial score (nSPS) is 20.5. The molecule has 0 aliphatic heterocycles. The van der Waals surface area contributed by atoms with Gasteiger partial charge in [-0.25, -0.2) is 0 Å². The van der Waals surface area contributed by atoms with Crippen molar-refractivity contribution in [1.29, 1.82) is 0 Å². The monoisotopic (exact) mass is 233 g/mol. The van der Waals surface area contributed by atoms with Crippen LogP contribution >= 0.6 is 0 Å². The topological polar surface area (TPSA) is 54.4 Å². The van der Waals surface area contributed by atoms with E-state index in [1.54, 1.807) is 0 Å². The lowest BCUT2D eigenvalue weighted by atomic mass is 9.70. The van der Waals surface area contributed by atoms with Crippen LogP contribution in [0.25, 0.3) is 0 Å². The zero-order chi connectivity index (χ0) is 11.5. The SMILES string of the molecule is [CH2]C(C)(CCS(=O)(=O)O)C1CCCCC1. The highest BCUT2D eigenvalue weighted by molar-refractivity contribution is 7.85. The van der Waals surface area contributed by atoms with Gasteiger partial charge < -0.3 is 0 Å². The molecule has 0 aromatic heterocycles. The molecule has 0 amide bonds. The van der Waals surface area contributed by atoms with E-state index in [1.807, 2.05) is 6.92 Å². The second-order valence-electron chi connectivity index (χ2n) is 5.03. The third-order valence-electron chi connectivity index (χ3n) is 3.52. The van der Waals surface area contributed by atoms with Crippen LogP contribution in [0.5, 0.6) is 0 Å². The summed E-state index contributed by atoms with van der Waals surface area (Å²) in [6, 6.07) is 0. The Bertz CT molecular complexity index is 287. The summed E-state index contributed by atoms with van der Waals surface area (Å²) >= 11 is 0. The molecule has 1 aliphatic rings. The first-order valence-corrected chi connectivity index (χ1v) is 7.23. The maximum Gasteiger partial charge on any atom is 0.264 e. The lowest BCUT2D eigenvalue weighted by Crippen LogP contribution is -2.28. The molecule has 4 heteroatoms. The molecule has 1 rings (SSSR count). The summed E-state index contributed by atoms with van der Waals surface area (Å²) < 4.78 is 30.1. The van der Waals surface area contributed by atoms with Gasteiger partial charge in [-0.1, -0.05) is 26.2 Å². The van der Waals surface area contributed by atoms with Crippen LogP contribution in [0.2, 0.25) is 0 Å². The molecule has 0 spiro atoms. The maximum atomic E-state index is 10.7. The van der Waals surface area contributed by atoms with E-state index in [4.69, 9.17) is 4.55 Å². The minimum Gasteiger partial charge on any atom is -0.286 e. The summed E-state index contributed by atoms with van der Waals surface area (Å²) in [7, 11) is -3.84. The molecule has 89 valence electrons. The summed E-state index contributed by atoms with van der Waals surface area (Å²) in [6.07, 6.45) is 6.47. The molecule has 1 radical (unpaired) electrons. The van der Waals surface area contributed by atoms with Crippen LogP contribution in [0.4, 0.5) is 0 Å². The molecule has 3 nitrogen and oxygen atoms in total. The Morgan fingerprint density at radius 1 is 1.33 bits per heavy atom. The zero-order valence-electron chi connectivity index (χ0n) is 9.41. The van der Waals surface area contributed by atoms with Crippen molar-refractivity contribution in [3.8, 4) is 0 Å². The van der Waals surface area contributed by atoms with Crippen molar-refractivity contribution in [2.75, 3.05) is 5.75 Å². The van der Waals surface area contributed by atoms with Gasteiger partial charge in [0.25, 0.3) is 10.1 Å². The fourth-order valence-electron chi connectivity index (χ4n) is 2.37. The molecule has 0 aromatic rings. The van der Waals surface area contributed by atoms with Gasteiger partial charge in [-0.05, 0) is 37.5 Å². The fraction of sp³-hybridized carbons (Fsp3) is 0.909. The smallest absolute Gasteiger partial charge is 0.264 e. The third kappa shape index (κ3) is 4.51. The van der Waals surface area contributed by atoms with Crippen molar-refractivity contribution in [1.82, 2.24) is 0 Å². The van der Waals surface area contributed by atoms with E-state index in [9.17, 15) is 8.42 Å². The van der Waals surface area contributed by atoms with Gasteiger partial charge in [0, 0.05) is 0 Å². The molecule has 1 saturated carbocycles. The highest BCUT2D eigenvalue weighted by Crippen LogP contribution is 2.40. The van der Waals surface area contributed by atoms with Gasteiger partial charge in [0.1, 0.15) is 0 Å². The van der Waals surface area contributed by atoms with Crippen molar-refractivity contribution in [2.24, 2.45) is 11.3 Å². The van der Waals surface area contributed by atoms with Gasteiger partial charge in [-0.3, -0.25) is 4.55 Å². The van der Waals surface area contributed by atoms with E-state index < -0.39 is 10.1 Å². The van der Waals surface area contributed by atoms with Gasteiger partial charge in [0.2, 0.25) is 0 Å². The van der Waals surface area contributed by atoms with E-state index in [-0.39, 0.29) is 11.2 Å². The van der Waals surface area contributed by atoms with E-state index in [0.717, 1.165) is 12.8 Å². The molecule has 1 fully saturated rings. The van der Waals surface area contributed by atoms with E-state index in [1.165, 1.54) is 19.3 Å². The predicted molar refractivity (Wildman–Crippen MR) is 61.1 cm³/mol. The lowest BCUT2D eigenvalue weighted by molar-refractivity contribution is 0.181. The average molecular weight is 233 g/mol. The summed E-state index contributed by atoms with van der Waals surface area (Å²) in [5, 5.41) is 0. The third-order valence-corrected chi connectivity index (χ3v) is 4.24. The Hall–Kier alpha value is -0.0900. The largest absolute Gasteiger partial charge is 0.286 e. The molecule has 1 aliphatic carbocycles. The maximum absolute atomic E-state index is 10.7. The molecule has 0 aromatic carbocycles. The summed E-state index contributed by atoms with van der Waals surface area (Å²) in [4.78, 5) is 0. The standard InChI is InChI=1S/C11H21O3S/c1-11(2,8-9-15(12,13)14)10-6-4-3-5-7-10/h10H,1,3-9H2,2H3,(H,12,13,14). The molecule has 0 bridgehead atoms. The zero-order valence-corrected chi connectivity index (χ0v) is 10.2. The van der Waals surface area contributed by atoms with Gasteiger partial charge in [-0.15, -0.1) is 0 Å². The number of hydrogen-bond acceptors (Lipinski definition) is 2. The number of rotatable bonds is 4. The van der Waals surface area contributed by atoms with Crippen molar-refractivity contribution in [2.45, 2.75) is 45.4 Å². The minimum atomic E-state index is -3.84. The average Bonchev–Trinajstić information content (AvgIpc) is 2.16. The molecule has 1 N–H and O–H groups in total. The van der Waals surface area contributed by atoms with E-state index in [0.29, 0.717) is 12.3 Å². The van der Waals surface area contributed by atoms with Crippen molar-refractivity contribution < 1.29 is 13.0 Å². The Kier molecular flexibility index (Phi) is 4.18.